The van der Waals surface area contributed by atoms with E-state index in [0.717, 1.165) is 10.6 Å². The first-order valence-electron chi connectivity index (χ1n) is 8.31. The van der Waals surface area contributed by atoms with Gasteiger partial charge in [-0.2, -0.15) is 5.10 Å². The summed E-state index contributed by atoms with van der Waals surface area (Å²) in [6.07, 6.45) is 0.984. The summed E-state index contributed by atoms with van der Waals surface area (Å²) in [6, 6.07) is 10.5. The zero-order valence-corrected chi connectivity index (χ0v) is 17.5. The van der Waals surface area contributed by atoms with Gasteiger partial charge in [0.15, 0.2) is 0 Å². The number of carbonyl (C=O) groups is 1. The minimum atomic E-state index is -3.77. The Kier molecular flexibility index (Phi) is 6.93. The molecule has 0 radical (unpaired) electrons. The van der Waals surface area contributed by atoms with E-state index in [2.05, 4.69) is 10.5 Å². The maximum Gasteiger partial charge on any atom is 0.270 e. The molecule has 0 saturated heterocycles. The molecular formula is C18H19ClN4O5S. The molecular weight excluding hydrogens is 420 g/mol. The summed E-state index contributed by atoms with van der Waals surface area (Å²) in [6.45, 7) is 2.76. The molecule has 0 fully saturated rings. The van der Waals surface area contributed by atoms with Crippen molar-refractivity contribution < 1.29 is 18.1 Å². The number of rotatable bonds is 7. The molecule has 0 aromatic heterocycles. The normalized spacial score (nSPS) is 11.8. The van der Waals surface area contributed by atoms with Crippen molar-refractivity contribution in [3.8, 4) is 0 Å². The van der Waals surface area contributed by atoms with Crippen molar-refractivity contribution in [2.75, 3.05) is 17.1 Å². The van der Waals surface area contributed by atoms with Crippen LogP contribution in [0.25, 0.3) is 0 Å². The van der Waals surface area contributed by atoms with E-state index < -0.39 is 27.4 Å². The quantitative estimate of drug-likeness (QED) is 0.404. The summed E-state index contributed by atoms with van der Waals surface area (Å²) in [4.78, 5) is 22.6. The van der Waals surface area contributed by atoms with E-state index in [4.69, 9.17) is 11.6 Å². The standard InChI is InChI=1S/C18H19ClN4O5S/c1-12-7-8-15(19)10-17(12)22(29(3,27)28)11-18(24)21-20-13(2)14-5-4-6-16(9-14)23(25)26/h4-10H,11H2,1-3H3,(H,21,24)/b20-13-. The Hall–Kier alpha value is -2.98. The molecule has 29 heavy (non-hydrogen) atoms. The van der Waals surface area contributed by atoms with E-state index in [-0.39, 0.29) is 11.4 Å². The third-order valence-electron chi connectivity index (χ3n) is 3.95. The Bertz CT molecular complexity index is 1090. The highest BCUT2D eigenvalue weighted by Crippen LogP contribution is 2.26. The average Bonchev–Trinajstić information content (AvgIpc) is 2.65. The highest BCUT2D eigenvalue weighted by atomic mass is 35.5. The van der Waals surface area contributed by atoms with Crippen molar-refractivity contribution in [3.63, 3.8) is 0 Å². The molecule has 2 aromatic carbocycles. The Morgan fingerprint density at radius 2 is 1.97 bits per heavy atom. The number of hydrazone groups is 1. The SMILES string of the molecule is C/C(=N/NC(=O)CN(c1cc(Cl)ccc1C)S(C)(=O)=O)c1cccc([N+](=O)[O-])c1. The molecule has 0 atom stereocenters. The van der Waals surface area contributed by atoms with Gasteiger partial charge in [-0.05, 0) is 31.5 Å². The Balaban J connectivity index is 2.21. The zero-order chi connectivity index (χ0) is 21.8. The number of nitro groups is 1. The second kappa shape index (κ2) is 9.01. The summed E-state index contributed by atoms with van der Waals surface area (Å²) >= 11 is 5.96. The fraction of sp³-hybridized carbons (Fsp3) is 0.222. The van der Waals surface area contributed by atoms with Crippen molar-refractivity contribution in [3.05, 3.63) is 68.7 Å². The third-order valence-corrected chi connectivity index (χ3v) is 5.31. The number of nitro benzene ring substituents is 1. The molecule has 154 valence electrons. The topological polar surface area (TPSA) is 122 Å². The third kappa shape index (κ3) is 6.00. The maximum absolute atomic E-state index is 12.3. The number of hydrogen-bond donors (Lipinski definition) is 1. The summed E-state index contributed by atoms with van der Waals surface area (Å²) in [7, 11) is -3.77. The average molecular weight is 439 g/mol. The lowest BCUT2D eigenvalue weighted by atomic mass is 10.1. The van der Waals surface area contributed by atoms with E-state index in [1.807, 2.05) is 0 Å². The minimum absolute atomic E-state index is 0.108. The number of benzene rings is 2. The molecule has 2 rings (SSSR count). The number of non-ortho nitro benzene ring substituents is 1. The van der Waals surface area contributed by atoms with Crippen molar-refractivity contribution >= 4 is 44.6 Å². The molecule has 11 heteroatoms. The van der Waals surface area contributed by atoms with E-state index in [0.29, 0.717) is 21.9 Å². The molecule has 0 saturated carbocycles. The molecule has 0 bridgehead atoms. The predicted molar refractivity (Wildman–Crippen MR) is 112 cm³/mol. The lowest BCUT2D eigenvalue weighted by molar-refractivity contribution is -0.384. The van der Waals surface area contributed by atoms with Gasteiger partial charge in [0.1, 0.15) is 6.54 Å². The van der Waals surface area contributed by atoms with Gasteiger partial charge >= 0.3 is 0 Å². The van der Waals surface area contributed by atoms with E-state index in [9.17, 15) is 23.3 Å². The number of nitrogens with zero attached hydrogens (tertiary/aromatic N) is 3. The van der Waals surface area contributed by atoms with Crippen LogP contribution in [0.2, 0.25) is 5.02 Å². The molecule has 0 aliphatic rings. The number of sulfonamides is 1. The Labute approximate surface area is 173 Å². The van der Waals surface area contributed by atoms with Crippen LogP contribution in [-0.4, -0.2) is 37.8 Å². The summed E-state index contributed by atoms with van der Waals surface area (Å²) in [5, 5.41) is 15.1. The van der Waals surface area contributed by atoms with Crippen molar-refractivity contribution in [1.29, 1.82) is 0 Å². The van der Waals surface area contributed by atoms with Crippen molar-refractivity contribution in [2.45, 2.75) is 13.8 Å². The van der Waals surface area contributed by atoms with Gasteiger partial charge in [-0.25, -0.2) is 13.8 Å². The van der Waals surface area contributed by atoms with Crippen LogP contribution in [-0.2, 0) is 14.8 Å². The fourth-order valence-electron chi connectivity index (χ4n) is 2.45. The van der Waals surface area contributed by atoms with Gasteiger partial charge in [0, 0.05) is 22.7 Å². The van der Waals surface area contributed by atoms with Crippen LogP contribution in [0.1, 0.15) is 18.1 Å². The van der Waals surface area contributed by atoms with Crippen LogP contribution in [0, 0.1) is 17.0 Å². The van der Waals surface area contributed by atoms with Gasteiger partial charge in [0.2, 0.25) is 10.0 Å². The lowest BCUT2D eigenvalue weighted by Crippen LogP contribution is -2.39. The lowest BCUT2D eigenvalue weighted by Gasteiger charge is -2.23. The van der Waals surface area contributed by atoms with Gasteiger partial charge in [0.05, 0.1) is 22.6 Å². The number of hydrogen-bond acceptors (Lipinski definition) is 6. The van der Waals surface area contributed by atoms with E-state index >= 15 is 0 Å². The largest absolute Gasteiger partial charge is 0.271 e. The van der Waals surface area contributed by atoms with Gasteiger partial charge in [0.25, 0.3) is 11.6 Å². The minimum Gasteiger partial charge on any atom is -0.271 e. The molecule has 0 unspecified atom stereocenters. The van der Waals surface area contributed by atoms with Gasteiger partial charge < -0.3 is 0 Å². The first kappa shape index (κ1) is 22.3. The summed E-state index contributed by atoms with van der Waals surface area (Å²) < 4.78 is 25.3. The second-order valence-electron chi connectivity index (χ2n) is 6.24. The van der Waals surface area contributed by atoms with Crippen LogP contribution < -0.4 is 9.73 Å². The van der Waals surface area contributed by atoms with Crippen molar-refractivity contribution in [2.24, 2.45) is 5.10 Å². The second-order valence-corrected chi connectivity index (χ2v) is 8.58. The number of aryl methyl sites for hydroxylation is 1. The fourth-order valence-corrected chi connectivity index (χ4v) is 3.53. The molecule has 0 spiro atoms. The smallest absolute Gasteiger partial charge is 0.270 e. The molecule has 1 amide bonds. The number of nitrogens with one attached hydrogen (secondary N) is 1. The van der Waals surface area contributed by atoms with Crippen LogP contribution in [0.5, 0.6) is 0 Å². The molecule has 2 aromatic rings. The maximum atomic E-state index is 12.3. The van der Waals surface area contributed by atoms with Gasteiger partial charge in [-0.15, -0.1) is 0 Å². The number of halogens is 1. The van der Waals surface area contributed by atoms with Crippen molar-refractivity contribution in [1.82, 2.24) is 5.43 Å². The summed E-state index contributed by atoms with van der Waals surface area (Å²) in [5.74, 6) is -0.681. The molecule has 0 aliphatic carbocycles. The van der Waals surface area contributed by atoms with Crippen LogP contribution >= 0.6 is 11.6 Å². The zero-order valence-electron chi connectivity index (χ0n) is 15.9. The highest BCUT2D eigenvalue weighted by Gasteiger charge is 2.22. The monoisotopic (exact) mass is 438 g/mol. The van der Waals surface area contributed by atoms with E-state index in [1.165, 1.54) is 24.3 Å². The number of amides is 1. The van der Waals surface area contributed by atoms with Gasteiger partial charge in [-0.3, -0.25) is 19.2 Å². The number of carbonyl (C=O) groups excluding carboxylic acids is 1. The van der Waals surface area contributed by atoms with Crippen LogP contribution in [0.4, 0.5) is 11.4 Å². The Morgan fingerprint density at radius 3 is 2.59 bits per heavy atom. The summed E-state index contributed by atoms with van der Waals surface area (Å²) in [5.41, 5.74) is 3.86. The predicted octanol–water partition coefficient (Wildman–Crippen LogP) is 2.86. The first-order valence-corrected chi connectivity index (χ1v) is 10.5. The highest BCUT2D eigenvalue weighted by molar-refractivity contribution is 7.92. The number of anilines is 1. The molecule has 1 N–H and O–H groups in total. The first-order chi connectivity index (χ1) is 13.5. The van der Waals surface area contributed by atoms with Crippen LogP contribution in [0.3, 0.4) is 0 Å². The molecule has 0 aliphatic heterocycles. The van der Waals surface area contributed by atoms with E-state index in [1.54, 1.807) is 32.0 Å². The molecule has 0 heterocycles. The van der Waals surface area contributed by atoms with Gasteiger partial charge in [-0.1, -0.05) is 29.8 Å². The Morgan fingerprint density at radius 1 is 1.28 bits per heavy atom. The molecule has 9 nitrogen and oxygen atoms in total. The van der Waals surface area contributed by atoms with Crippen LogP contribution in [0.15, 0.2) is 47.6 Å².